The number of nitrogens with one attached hydrogen (secondary N) is 1. The van der Waals surface area contributed by atoms with Crippen molar-refractivity contribution in [3.63, 3.8) is 0 Å². The lowest BCUT2D eigenvalue weighted by atomic mass is 9.64. The maximum atomic E-state index is 13.1. The first-order valence-electron chi connectivity index (χ1n) is 11.0. The van der Waals surface area contributed by atoms with Crippen LogP contribution >= 0.6 is 0 Å². The summed E-state index contributed by atoms with van der Waals surface area (Å²) in [6.45, 7) is 7.40. The molecule has 1 spiro atoms. The van der Waals surface area contributed by atoms with Gasteiger partial charge in [-0.3, -0.25) is 19.3 Å². The first-order valence-corrected chi connectivity index (χ1v) is 11.0. The molecule has 1 aromatic rings. The summed E-state index contributed by atoms with van der Waals surface area (Å²) in [7, 11) is 0. The topological polar surface area (TPSA) is 92.8 Å². The van der Waals surface area contributed by atoms with Gasteiger partial charge in [0.2, 0.25) is 0 Å². The maximum Gasteiger partial charge on any atom is 0.326 e. The van der Waals surface area contributed by atoms with Gasteiger partial charge >= 0.3 is 12.0 Å². The highest BCUT2D eigenvalue weighted by atomic mass is 16.5. The van der Waals surface area contributed by atoms with Crippen LogP contribution in [0.2, 0.25) is 0 Å². The molecule has 7 heteroatoms. The molecule has 2 aliphatic rings. The quantitative estimate of drug-likeness (QED) is 0.408. The number of aryl methyl sites for hydroxylation is 1. The van der Waals surface area contributed by atoms with Gasteiger partial charge in [-0.25, -0.2) is 4.79 Å². The number of carbonyl (C=O) groups is 4. The zero-order chi connectivity index (χ0) is 22.8. The van der Waals surface area contributed by atoms with Crippen molar-refractivity contribution < 1.29 is 23.9 Å². The maximum absolute atomic E-state index is 13.1. The summed E-state index contributed by atoms with van der Waals surface area (Å²) in [4.78, 5) is 51.0. The number of carbonyl (C=O) groups excluding carboxylic acids is 4. The number of Topliss-reactive ketones (excluding diaryl/α,β-unsaturated/α-hetero) is 1. The minimum Gasteiger partial charge on any atom is -0.456 e. The number of hydrogen-bond acceptors (Lipinski definition) is 5. The summed E-state index contributed by atoms with van der Waals surface area (Å²) in [6.07, 6.45) is 4.02. The number of urea groups is 1. The molecule has 1 saturated carbocycles. The Morgan fingerprint density at radius 2 is 1.84 bits per heavy atom. The summed E-state index contributed by atoms with van der Waals surface area (Å²) in [5.41, 5.74) is 0.550. The van der Waals surface area contributed by atoms with E-state index in [1.54, 1.807) is 12.1 Å². The molecule has 2 atom stereocenters. The van der Waals surface area contributed by atoms with E-state index in [0.717, 1.165) is 29.7 Å². The highest BCUT2D eigenvalue weighted by Gasteiger charge is 2.56. The third-order valence-corrected chi connectivity index (χ3v) is 6.09. The average Bonchev–Trinajstić information content (AvgIpc) is 2.88. The Labute approximate surface area is 183 Å². The first kappa shape index (κ1) is 23.0. The van der Waals surface area contributed by atoms with Crippen LogP contribution in [-0.4, -0.2) is 47.3 Å². The van der Waals surface area contributed by atoms with E-state index < -0.39 is 30.7 Å². The largest absolute Gasteiger partial charge is 0.456 e. The van der Waals surface area contributed by atoms with Gasteiger partial charge in [-0.2, -0.15) is 0 Å². The molecule has 1 N–H and O–H groups in total. The van der Waals surface area contributed by atoms with Crippen LogP contribution in [0, 0.1) is 11.3 Å². The van der Waals surface area contributed by atoms with Crippen LogP contribution in [0.1, 0.15) is 69.3 Å². The smallest absolute Gasteiger partial charge is 0.326 e. The Morgan fingerprint density at radius 3 is 2.45 bits per heavy atom. The van der Waals surface area contributed by atoms with Crippen molar-refractivity contribution >= 4 is 23.7 Å². The van der Waals surface area contributed by atoms with Crippen LogP contribution in [-0.2, 0) is 20.7 Å². The monoisotopic (exact) mass is 428 g/mol. The van der Waals surface area contributed by atoms with Crippen molar-refractivity contribution in [1.82, 2.24) is 10.2 Å². The second-order valence-electron chi connectivity index (χ2n) is 9.79. The van der Waals surface area contributed by atoms with Gasteiger partial charge in [-0.15, -0.1) is 0 Å². The average molecular weight is 429 g/mol. The molecule has 3 rings (SSSR count). The molecular weight excluding hydrogens is 396 g/mol. The fourth-order valence-corrected chi connectivity index (χ4v) is 5.20. The van der Waals surface area contributed by atoms with E-state index in [-0.39, 0.29) is 23.0 Å². The van der Waals surface area contributed by atoms with E-state index in [1.807, 2.05) is 12.1 Å². The third kappa shape index (κ3) is 5.14. The predicted octanol–water partition coefficient (Wildman–Crippen LogP) is 3.50. The predicted molar refractivity (Wildman–Crippen MR) is 115 cm³/mol. The van der Waals surface area contributed by atoms with Crippen LogP contribution in [0.5, 0.6) is 0 Å². The van der Waals surface area contributed by atoms with E-state index in [1.165, 1.54) is 0 Å². The number of amides is 3. The standard InChI is InChI=1S/C24H32N2O5/c1-5-6-17-7-9-18(10-8-17)19(27)14-31-20(28)13-26-21(29)24(25-22(26)30)12-16(2)11-23(3,4)15-24/h7-10,16H,5-6,11-15H2,1-4H3,(H,25,30)/t16-,24+/m1/s1. The van der Waals surface area contributed by atoms with Gasteiger partial charge in [0.15, 0.2) is 12.4 Å². The Hall–Kier alpha value is -2.70. The van der Waals surface area contributed by atoms with Crippen molar-refractivity contribution in [2.75, 3.05) is 13.2 Å². The fourth-order valence-electron chi connectivity index (χ4n) is 5.20. The number of rotatable bonds is 7. The second kappa shape index (κ2) is 8.81. The molecule has 168 valence electrons. The van der Waals surface area contributed by atoms with E-state index >= 15 is 0 Å². The number of hydrogen-bond donors (Lipinski definition) is 1. The van der Waals surface area contributed by atoms with Gasteiger partial charge < -0.3 is 10.1 Å². The van der Waals surface area contributed by atoms with Gasteiger partial charge in [0.05, 0.1) is 0 Å². The fraction of sp³-hybridized carbons (Fsp3) is 0.583. The summed E-state index contributed by atoms with van der Waals surface area (Å²) in [6, 6.07) is 6.63. The van der Waals surface area contributed by atoms with Crippen LogP contribution in [0.25, 0.3) is 0 Å². The molecule has 1 heterocycles. The lowest BCUT2D eigenvalue weighted by Gasteiger charge is -2.43. The number of ketones is 1. The molecular formula is C24H32N2O5. The molecule has 1 aliphatic carbocycles. The molecule has 0 unspecified atom stereocenters. The Balaban J connectivity index is 1.57. The lowest BCUT2D eigenvalue weighted by molar-refractivity contribution is -0.147. The number of imide groups is 1. The minimum absolute atomic E-state index is 0.0871. The Bertz CT molecular complexity index is 876. The first-order chi connectivity index (χ1) is 14.5. The van der Waals surface area contributed by atoms with Crippen molar-refractivity contribution in [3.05, 3.63) is 35.4 Å². The summed E-state index contributed by atoms with van der Waals surface area (Å²) < 4.78 is 5.07. The molecule has 0 aromatic heterocycles. The third-order valence-electron chi connectivity index (χ3n) is 6.09. The number of nitrogens with zero attached hydrogens (tertiary/aromatic N) is 1. The second-order valence-corrected chi connectivity index (χ2v) is 9.79. The molecule has 2 fully saturated rings. The normalized spacial score (nSPS) is 24.9. The molecule has 31 heavy (non-hydrogen) atoms. The highest BCUT2D eigenvalue weighted by Crippen LogP contribution is 2.46. The molecule has 0 radical (unpaired) electrons. The minimum atomic E-state index is -0.964. The van der Waals surface area contributed by atoms with Gasteiger partial charge in [-0.05, 0) is 42.6 Å². The van der Waals surface area contributed by atoms with E-state index in [9.17, 15) is 19.2 Å². The highest BCUT2D eigenvalue weighted by molar-refractivity contribution is 6.09. The summed E-state index contributed by atoms with van der Waals surface area (Å²) >= 11 is 0. The molecule has 3 amide bonds. The number of ether oxygens (including phenoxy) is 1. The van der Waals surface area contributed by atoms with Gasteiger partial charge in [-0.1, -0.05) is 58.4 Å². The zero-order valence-electron chi connectivity index (χ0n) is 18.8. The van der Waals surface area contributed by atoms with Crippen LogP contribution in [0.15, 0.2) is 24.3 Å². The van der Waals surface area contributed by atoms with Crippen molar-refractivity contribution in [2.24, 2.45) is 11.3 Å². The van der Waals surface area contributed by atoms with E-state index in [2.05, 4.69) is 33.0 Å². The molecule has 1 aromatic carbocycles. The molecule has 1 saturated heterocycles. The molecule has 7 nitrogen and oxygen atoms in total. The lowest BCUT2D eigenvalue weighted by Crippen LogP contribution is -2.54. The van der Waals surface area contributed by atoms with Crippen molar-refractivity contribution in [2.45, 2.75) is 65.3 Å². The van der Waals surface area contributed by atoms with Gasteiger partial charge in [0.25, 0.3) is 5.91 Å². The van der Waals surface area contributed by atoms with Crippen molar-refractivity contribution in [3.8, 4) is 0 Å². The van der Waals surface area contributed by atoms with Crippen molar-refractivity contribution in [1.29, 1.82) is 0 Å². The van der Waals surface area contributed by atoms with Crippen LogP contribution in [0.3, 0.4) is 0 Å². The Kier molecular flexibility index (Phi) is 6.53. The Morgan fingerprint density at radius 1 is 1.16 bits per heavy atom. The number of esters is 1. The van der Waals surface area contributed by atoms with E-state index in [4.69, 9.17) is 4.74 Å². The zero-order valence-corrected chi connectivity index (χ0v) is 18.8. The SMILES string of the molecule is CCCc1ccc(C(=O)COC(=O)CN2C(=O)N[C@]3(C[C@H](C)CC(C)(C)C3)C2=O)cc1. The summed E-state index contributed by atoms with van der Waals surface area (Å²) in [5.74, 6) is -1.21. The van der Waals surface area contributed by atoms with Gasteiger partial charge in [0.1, 0.15) is 12.1 Å². The van der Waals surface area contributed by atoms with Crippen LogP contribution < -0.4 is 5.32 Å². The van der Waals surface area contributed by atoms with E-state index in [0.29, 0.717) is 18.4 Å². The summed E-state index contributed by atoms with van der Waals surface area (Å²) in [5, 5.41) is 2.83. The molecule has 1 aliphatic heterocycles. The van der Waals surface area contributed by atoms with Crippen LogP contribution in [0.4, 0.5) is 4.79 Å². The molecule has 0 bridgehead atoms. The number of benzene rings is 1. The van der Waals surface area contributed by atoms with Gasteiger partial charge in [0, 0.05) is 5.56 Å².